The Morgan fingerprint density at radius 2 is 2.12 bits per heavy atom. The molecule has 1 unspecified atom stereocenters. The highest BCUT2D eigenvalue weighted by atomic mass is 16.5. The van der Waals surface area contributed by atoms with Crippen LogP contribution in [0.15, 0.2) is 37.2 Å². The molecule has 128 valence electrons. The summed E-state index contributed by atoms with van der Waals surface area (Å²) in [5.41, 5.74) is 0. The highest BCUT2D eigenvalue weighted by Crippen LogP contribution is 2.21. The molecule has 2 amide bonds. The minimum Gasteiger partial charge on any atom is -0.487 e. The average molecular weight is 330 g/mol. The fraction of sp³-hybridized carbons (Fsp3) is 0.500. The molecular weight excluding hydrogens is 308 g/mol. The number of nitrogens with one attached hydrogen (secondary N) is 1. The van der Waals surface area contributed by atoms with Gasteiger partial charge in [-0.05, 0) is 31.9 Å². The number of rotatable bonds is 5. The van der Waals surface area contributed by atoms with E-state index in [2.05, 4.69) is 20.5 Å². The Bertz CT molecular complexity index is 625. The number of ether oxygens (including phenoxy) is 1. The van der Waals surface area contributed by atoms with Gasteiger partial charge in [-0.25, -0.2) is 4.79 Å². The van der Waals surface area contributed by atoms with Crippen molar-refractivity contribution in [2.75, 3.05) is 19.6 Å². The second kappa shape index (κ2) is 7.76. The van der Waals surface area contributed by atoms with E-state index in [1.54, 1.807) is 25.0 Å². The van der Waals surface area contributed by atoms with Gasteiger partial charge >= 0.3 is 6.03 Å². The molecule has 24 heavy (non-hydrogen) atoms. The molecule has 1 N–H and O–H groups in total. The second-order valence-corrected chi connectivity index (χ2v) is 5.93. The van der Waals surface area contributed by atoms with Crippen LogP contribution in [0.5, 0.6) is 5.75 Å². The Hall–Kier alpha value is -2.64. The number of amides is 2. The van der Waals surface area contributed by atoms with E-state index in [9.17, 15) is 4.79 Å². The Kier molecular flexibility index (Phi) is 5.25. The molecule has 2 aromatic heterocycles. The van der Waals surface area contributed by atoms with Crippen LogP contribution in [-0.4, -0.2) is 56.4 Å². The van der Waals surface area contributed by atoms with Gasteiger partial charge in [-0.1, -0.05) is 0 Å². The molecular formula is C16H22N6O2. The number of carbonyl (C=O) groups excluding carboxylic acids is 1. The number of hydrogen-bond acceptors (Lipinski definition) is 5. The third kappa shape index (κ3) is 4.21. The lowest BCUT2D eigenvalue weighted by molar-refractivity contribution is 0.162. The van der Waals surface area contributed by atoms with Gasteiger partial charge in [-0.3, -0.25) is 4.98 Å². The van der Waals surface area contributed by atoms with Crippen LogP contribution in [0.1, 0.15) is 25.8 Å². The van der Waals surface area contributed by atoms with Crippen molar-refractivity contribution in [3.05, 3.63) is 37.2 Å². The number of nitrogens with zero attached hydrogens (tertiary/aromatic N) is 5. The Labute approximate surface area is 140 Å². The first-order valence-corrected chi connectivity index (χ1v) is 8.16. The number of piperidine rings is 1. The lowest BCUT2D eigenvalue weighted by Gasteiger charge is -2.32. The molecule has 3 heterocycles. The number of pyridine rings is 1. The van der Waals surface area contributed by atoms with Gasteiger partial charge < -0.3 is 19.5 Å². The third-order valence-electron chi connectivity index (χ3n) is 4.12. The van der Waals surface area contributed by atoms with E-state index >= 15 is 0 Å². The van der Waals surface area contributed by atoms with Gasteiger partial charge in [0.15, 0.2) is 0 Å². The van der Waals surface area contributed by atoms with E-state index in [0.29, 0.717) is 18.3 Å². The van der Waals surface area contributed by atoms with Crippen molar-refractivity contribution in [3.8, 4) is 5.75 Å². The van der Waals surface area contributed by atoms with Crippen molar-refractivity contribution in [2.24, 2.45) is 0 Å². The number of hydrogen-bond donors (Lipinski definition) is 1. The third-order valence-corrected chi connectivity index (χ3v) is 4.12. The summed E-state index contributed by atoms with van der Waals surface area (Å²) in [4.78, 5) is 18.1. The predicted molar refractivity (Wildman–Crippen MR) is 87.6 cm³/mol. The van der Waals surface area contributed by atoms with Gasteiger partial charge in [0.25, 0.3) is 0 Å². The van der Waals surface area contributed by atoms with Gasteiger partial charge in [0.2, 0.25) is 0 Å². The van der Waals surface area contributed by atoms with E-state index in [0.717, 1.165) is 25.9 Å². The maximum absolute atomic E-state index is 12.3. The molecule has 1 fully saturated rings. The van der Waals surface area contributed by atoms with Gasteiger partial charge in [-0.15, -0.1) is 10.2 Å². The summed E-state index contributed by atoms with van der Waals surface area (Å²) < 4.78 is 7.72. The van der Waals surface area contributed by atoms with Crippen LogP contribution in [0.25, 0.3) is 0 Å². The van der Waals surface area contributed by atoms with Gasteiger partial charge in [-0.2, -0.15) is 0 Å². The van der Waals surface area contributed by atoms with Crippen LogP contribution in [0.4, 0.5) is 4.79 Å². The van der Waals surface area contributed by atoms with E-state index in [-0.39, 0.29) is 12.1 Å². The molecule has 1 aliphatic heterocycles. The first kappa shape index (κ1) is 16.2. The van der Waals surface area contributed by atoms with Crippen LogP contribution in [0.2, 0.25) is 0 Å². The van der Waals surface area contributed by atoms with Gasteiger partial charge in [0.1, 0.15) is 24.5 Å². The van der Waals surface area contributed by atoms with E-state index in [1.807, 2.05) is 28.5 Å². The van der Waals surface area contributed by atoms with Crippen molar-refractivity contribution in [3.63, 3.8) is 0 Å². The molecule has 0 aliphatic carbocycles. The SMILES string of the molecule is CC(CNC(=O)N1CCC(n2cnnc2)CC1)Oc1cccnc1. The monoisotopic (exact) mass is 330 g/mol. The van der Waals surface area contributed by atoms with Crippen molar-refractivity contribution >= 4 is 6.03 Å². The molecule has 0 aromatic carbocycles. The quantitative estimate of drug-likeness (QED) is 0.898. The molecule has 2 aromatic rings. The molecule has 8 heteroatoms. The Balaban J connectivity index is 1.39. The van der Waals surface area contributed by atoms with Crippen LogP contribution in [-0.2, 0) is 0 Å². The molecule has 3 rings (SSSR count). The smallest absolute Gasteiger partial charge is 0.317 e. The van der Waals surface area contributed by atoms with Crippen LogP contribution >= 0.6 is 0 Å². The number of carbonyl (C=O) groups is 1. The van der Waals surface area contributed by atoms with Crippen molar-refractivity contribution in [1.29, 1.82) is 0 Å². The summed E-state index contributed by atoms with van der Waals surface area (Å²) in [6.45, 7) is 3.84. The molecule has 8 nitrogen and oxygen atoms in total. The van der Waals surface area contributed by atoms with Crippen LogP contribution < -0.4 is 10.1 Å². The molecule has 1 aliphatic rings. The second-order valence-electron chi connectivity index (χ2n) is 5.93. The highest BCUT2D eigenvalue weighted by molar-refractivity contribution is 5.74. The van der Waals surface area contributed by atoms with E-state index in [1.165, 1.54) is 0 Å². The zero-order valence-electron chi connectivity index (χ0n) is 13.7. The minimum atomic E-state index is -0.118. The van der Waals surface area contributed by atoms with Crippen LogP contribution in [0.3, 0.4) is 0 Å². The lowest BCUT2D eigenvalue weighted by Crippen LogP contribution is -2.46. The van der Waals surface area contributed by atoms with Gasteiger partial charge in [0.05, 0.1) is 12.7 Å². The molecule has 0 bridgehead atoms. The largest absolute Gasteiger partial charge is 0.487 e. The standard InChI is InChI=1S/C16H22N6O2/c1-13(24-15-3-2-6-17-10-15)9-18-16(23)21-7-4-14(5-8-21)22-11-19-20-12-22/h2-3,6,10-14H,4-5,7-9H2,1H3,(H,18,23). The normalized spacial score (nSPS) is 16.6. The first-order chi connectivity index (χ1) is 11.7. The molecule has 0 radical (unpaired) electrons. The number of likely N-dealkylation sites (tertiary alicyclic amines) is 1. The van der Waals surface area contributed by atoms with E-state index in [4.69, 9.17) is 4.74 Å². The summed E-state index contributed by atoms with van der Waals surface area (Å²) in [5.74, 6) is 0.703. The van der Waals surface area contributed by atoms with Gasteiger partial charge in [0, 0.05) is 25.3 Å². The minimum absolute atomic E-state index is 0.0427. The van der Waals surface area contributed by atoms with Crippen molar-refractivity contribution in [1.82, 2.24) is 30.0 Å². The van der Waals surface area contributed by atoms with Crippen LogP contribution in [0, 0.1) is 0 Å². The fourth-order valence-corrected chi connectivity index (χ4v) is 2.80. The van der Waals surface area contributed by atoms with Crippen molar-refractivity contribution < 1.29 is 9.53 Å². The molecule has 0 spiro atoms. The Morgan fingerprint density at radius 3 is 2.79 bits per heavy atom. The van der Waals surface area contributed by atoms with Crippen molar-refractivity contribution in [2.45, 2.75) is 31.9 Å². The first-order valence-electron chi connectivity index (χ1n) is 8.16. The maximum Gasteiger partial charge on any atom is 0.317 e. The maximum atomic E-state index is 12.3. The Morgan fingerprint density at radius 1 is 1.38 bits per heavy atom. The summed E-state index contributed by atoms with van der Waals surface area (Å²) >= 11 is 0. The molecule has 1 atom stereocenters. The topological polar surface area (TPSA) is 85.2 Å². The molecule has 0 saturated carbocycles. The lowest BCUT2D eigenvalue weighted by atomic mass is 10.1. The summed E-state index contributed by atoms with van der Waals surface area (Å²) in [5, 5.41) is 10.6. The van der Waals surface area contributed by atoms with E-state index < -0.39 is 0 Å². The average Bonchev–Trinajstić information content (AvgIpc) is 3.15. The highest BCUT2D eigenvalue weighted by Gasteiger charge is 2.23. The fourth-order valence-electron chi connectivity index (χ4n) is 2.80. The predicted octanol–water partition coefficient (Wildman–Crippen LogP) is 1.49. The molecule has 1 saturated heterocycles. The zero-order valence-corrected chi connectivity index (χ0v) is 13.7. The summed E-state index contributed by atoms with van der Waals surface area (Å²) in [6.07, 6.45) is 8.53. The number of urea groups is 1. The summed E-state index contributed by atoms with van der Waals surface area (Å²) in [6, 6.07) is 4.00. The summed E-state index contributed by atoms with van der Waals surface area (Å²) in [7, 11) is 0. The number of aromatic nitrogens is 4. The zero-order chi connectivity index (χ0) is 16.8.